The van der Waals surface area contributed by atoms with Crippen LogP contribution in [-0.4, -0.2) is 11.2 Å². The molecule has 1 saturated carbocycles. The van der Waals surface area contributed by atoms with Crippen molar-refractivity contribution in [3.8, 4) is 11.5 Å². The van der Waals surface area contributed by atoms with Gasteiger partial charge in [0.15, 0.2) is 0 Å². The topological polar surface area (TPSA) is 18.5 Å². The fraction of sp³-hybridized carbons (Fsp3) is 0.520. The molecular weight excluding hydrogens is 332 g/mol. The van der Waals surface area contributed by atoms with E-state index in [-0.39, 0.29) is 16.6 Å². The average molecular weight is 367 g/mol. The molecule has 2 heteroatoms. The van der Waals surface area contributed by atoms with Gasteiger partial charge < -0.3 is 9.47 Å². The molecular formula is C25H34O2. The molecule has 0 aliphatic heterocycles. The molecule has 0 heterocycles. The SMILES string of the molecule is CC(C)(C)Oc1ccc(C2(c3ccc(OC(C)(C)C)cc3)CCCC2)cc1. The lowest BCUT2D eigenvalue weighted by Crippen LogP contribution is -2.25. The van der Waals surface area contributed by atoms with Gasteiger partial charge in [-0.15, -0.1) is 0 Å². The van der Waals surface area contributed by atoms with Crippen LogP contribution in [0.3, 0.4) is 0 Å². The Morgan fingerprint density at radius 2 is 0.926 bits per heavy atom. The van der Waals surface area contributed by atoms with Crippen LogP contribution in [0.2, 0.25) is 0 Å². The van der Waals surface area contributed by atoms with Crippen LogP contribution in [0, 0.1) is 0 Å². The zero-order chi connectivity index (χ0) is 19.7. The third-order valence-corrected chi connectivity index (χ3v) is 5.12. The van der Waals surface area contributed by atoms with Gasteiger partial charge in [-0.1, -0.05) is 37.1 Å². The quantitative estimate of drug-likeness (QED) is 0.586. The molecule has 146 valence electrons. The van der Waals surface area contributed by atoms with Gasteiger partial charge in [0, 0.05) is 5.41 Å². The van der Waals surface area contributed by atoms with Crippen molar-refractivity contribution in [1.82, 2.24) is 0 Å². The van der Waals surface area contributed by atoms with Gasteiger partial charge in [-0.2, -0.15) is 0 Å². The monoisotopic (exact) mass is 366 g/mol. The Kier molecular flexibility index (Phi) is 5.29. The molecule has 0 saturated heterocycles. The molecule has 2 aromatic carbocycles. The van der Waals surface area contributed by atoms with E-state index in [1.165, 1.54) is 36.8 Å². The summed E-state index contributed by atoms with van der Waals surface area (Å²) in [5, 5.41) is 0. The third kappa shape index (κ3) is 4.86. The minimum atomic E-state index is -0.171. The summed E-state index contributed by atoms with van der Waals surface area (Å²) in [5.41, 5.74) is 2.56. The van der Waals surface area contributed by atoms with Crippen molar-refractivity contribution in [2.24, 2.45) is 0 Å². The van der Waals surface area contributed by atoms with Crippen LogP contribution in [0.1, 0.15) is 78.4 Å². The number of hydrogen-bond acceptors (Lipinski definition) is 2. The fourth-order valence-corrected chi connectivity index (χ4v) is 4.11. The molecule has 27 heavy (non-hydrogen) atoms. The Morgan fingerprint density at radius 1 is 0.593 bits per heavy atom. The Morgan fingerprint density at radius 3 is 1.22 bits per heavy atom. The number of hydrogen-bond donors (Lipinski definition) is 0. The van der Waals surface area contributed by atoms with Gasteiger partial charge in [-0.3, -0.25) is 0 Å². The smallest absolute Gasteiger partial charge is 0.120 e. The lowest BCUT2D eigenvalue weighted by Gasteiger charge is -2.31. The van der Waals surface area contributed by atoms with E-state index in [1.807, 2.05) is 0 Å². The van der Waals surface area contributed by atoms with Crippen molar-refractivity contribution in [2.45, 2.75) is 83.8 Å². The molecule has 0 N–H and O–H groups in total. The highest BCUT2D eigenvalue weighted by Crippen LogP contribution is 2.47. The van der Waals surface area contributed by atoms with E-state index in [0.717, 1.165) is 11.5 Å². The van der Waals surface area contributed by atoms with E-state index >= 15 is 0 Å². The van der Waals surface area contributed by atoms with Crippen molar-refractivity contribution in [3.63, 3.8) is 0 Å². The van der Waals surface area contributed by atoms with Gasteiger partial charge in [0.2, 0.25) is 0 Å². The first-order valence-corrected chi connectivity index (χ1v) is 10.2. The highest BCUT2D eigenvalue weighted by Gasteiger charge is 2.37. The summed E-state index contributed by atoms with van der Waals surface area (Å²) < 4.78 is 12.0. The maximum atomic E-state index is 6.00. The lowest BCUT2D eigenvalue weighted by atomic mass is 9.73. The van der Waals surface area contributed by atoms with E-state index in [4.69, 9.17) is 9.47 Å². The molecule has 1 aliphatic rings. The van der Waals surface area contributed by atoms with Crippen molar-refractivity contribution in [2.75, 3.05) is 0 Å². The third-order valence-electron chi connectivity index (χ3n) is 5.12. The molecule has 0 amide bonds. The summed E-state index contributed by atoms with van der Waals surface area (Å²) in [7, 11) is 0. The van der Waals surface area contributed by atoms with Crippen molar-refractivity contribution in [1.29, 1.82) is 0 Å². The summed E-state index contributed by atoms with van der Waals surface area (Å²) in [6.45, 7) is 12.5. The Bertz CT molecular complexity index is 675. The van der Waals surface area contributed by atoms with E-state index in [0.29, 0.717) is 0 Å². The summed E-state index contributed by atoms with van der Waals surface area (Å²) in [6, 6.07) is 17.5. The largest absolute Gasteiger partial charge is 0.488 e. The zero-order valence-corrected chi connectivity index (χ0v) is 17.8. The summed E-state index contributed by atoms with van der Waals surface area (Å²) in [5.74, 6) is 1.88. The second-order valence-corrected chi connectivity index (χ2v) is 9.77. The average Bonchev–Trinajstić information content (AvgIpc) is 3.04. The van der Waals surface area contributed by atoms with E-state index in [9.17, 15) is 0 Å². The zero-order valence-electron chi connectivity index (χ0n) is 17.8. The van der Waals surface area contributed by atoms with Crippen LogP contribution in [0.25, 0.3) is 0 Å². The molecule has 0 radical (unpaired) electrons. The summed E-state index contributed by atoms with van der Waals surface area (Å²) in [4.78, 5) is 0. The maximum absolute atomic E-state index is 6.00. The van der Waals surface area contributed by atoms with E-state index in [1.54, 1.807) is 0 Å². The van der Waals surface area contributed by atoms with Gasteiger partial charge in [-0.25, -0.2) is 0 Å². The minimum Gasteiger partial charge on any atom is -0.488 e. The highest BCUT2D eigenvalue weighted by molar-refractivity contribution is 5.44. The highest BCUT2D eigenvalue weighted by atomic mass is 16.5. The lowest BCUT2D eigenvalue weighted by molar-refractivity contribution is 0.130. The molecule has 0 unspecified atom stereocenters. The fourth-order valence-electron chi connectivity index (χ4n) is 4.11. The summed E-state index contributed by atoms with van der Waals surface area (Å²) in [6.07, 6.45) is 4.96. The number of ether oxygens (including phenoxy) is 2. The van der Waals surface area contributed by atoms with Gasteiger partial charge in [0.05, 0.1) is 0 Å². The second-order valence-electron chi connectivity index (χ2n) is 9.77. The van der Waals surface area contributed by atoms with Crippen LogP contribution in [0.4, 0.5) is 0 Å². The van der Waals surface area contributed by atoms with E-state index in [2.05, 4.69) is 90.1 Å². The normalized spacial score (nSPS) is 17.0. The van der Waals surface area contributed by atoms with Gasteiger partial charge >= 0.3 is 0 Å². The molecule has 1 aliphatic carbocycles. The minimum absolute atomic E-state index is 0.112. The van der Waals surface area contributed by atoms with Crippen LogP contribution in [0.5, 0.6) is 11.5 Å². The van der Waals surface area contributed by atoms with E-state index < -0.39 is 0 Å². The maximum Gasteiger partial charge on any atom is 0.120 e. The van der Waals surface area contributed by atoms with Gasteiger partial charge in [0.25, 0.3) is 0 Å². The molecule has 0 spiro atoms. The number of rotatable bonds is 4. The summed E-state index contributed by atoms with van der Waals surface area (Å²) >= 11 is 0. The molecule has 2 nitrogen and oxygen atoms in total. The van der Waals surface area contributed by atoms with Gasteiger partial charge in [0.1, 0.15) is 22.7 Å². The first-order chi connectivity index (χ1) is 12.6. The van der Waals surface area contributed by atoms with Crippen LogP contribution in [-0.2, 0) is 5.41 Å². The van der Waals surface area contributed by atoms with Crippen LogP contribution < -0.4 is 9.47 Å². The number of benzene rings is 2. The van der Waals surface area contributed by atoms with Crippen LogP contribution >= 0.6 is 0 Å². The molecule has 0 atom stereocenters. The Balaban J connectivity index is 1.88. The first-order valence-electron chi connectivity index (χ1n) is 10.2. The van der Waals surface area contributed by atoms with Crippen molar-refractivity contribution < 1.29 is 9.47 Å². The second kappa shape index (κ2) is 7.22. The molecule has 3 rings (SSSR count). The molecule has 2 aromatic rings. The van der Waals surface area contributed by atoms with Gasteiger partial charge in [-0.05, 0) is 89.8 Å². The Labute approximate surface area is 164 Å². The molecule has 0 aromatic heterocycles. The molecule has 0 bridgehead atoms. The van der Waals surface area contributed by atoms with Crippen LogP contribution in [0.15, 0.2) is 48.5 Å². The predicted octanol–water partition coefficient (Wildman–Crippen LogP) is 6.90. The predicted molar refractivity (Wildman–Crippen MR) is 113 cm³/mol. The van der Waals surface area contributed by atoms with Crippen molar-refractivity contribution >= 4 is 0 Å². The Hall–Kier alpha value is -1.96. The van der Waals surface area contributed by atoms with Crippen molar-refractivity contribution in [3.05, 3.63) is 59.7 Å². The standard InChI is InChI=1S/C25H34O2/c1-23(2,3)26-21-13-9-19(10-14-21)25(17-7-8-18-25)20-11-15-22(16-12-20)27-24(4,5)6/h9-16H,7-8,17-18H2,1-6H3. The first kappa shape index (κ1) is 19.8. The molecule has 1 fully saturated rings.